The Morgan fingerprint density at radius 1 is 1.15 bits per heavy atom. The fourth-order valence-electron chi connectivity index (χ4n) is 0.710. The molecule has 13 heavy (non-hydrogen) atoms. The first kappa shape index (κ1) is 12.9. The SMILES string of the molecule is CI.Cc1ccc(S(=O)(=O)O)cc1. The molecule has 3 nitrogen and oxygen atoms in total. The van der Waals surface area contributed by atoms with Gasteiger partial charge >= 0.3 is 0 Å². The third kappa shape index (κ3) is 4.58. The van der Waals surface area contributed by atoms with E-state index in [4.69, 9.17) is 4.55 Å². The van der Waals surface area contributed by atoms with Crippen LogP contribution in [0, 0.1) is 6.92 Å². The van der Waals surface area contributed by atoms with Crippen LogP contribution in [-0.4, -0.2) is 17.9 Å². The van der Waals surface area contributed by atoms with Crippen LogP contribution in [0.4, 0.5) is 0 Å². The number of halogens is 1. The van der Waals surface area contributed by atoms with Gasteiger partial charge in [0, 0.05) is 0 Å². The van der Waals surface area contributed by atoms with Gasteiger partial charge in [-0.2, -0.15) is 8.42 Å². The number of aryl methyl sites for hydroxylation is 1. The molecule has 1 aromatic rings. The first-order chi connectivity index (χ1) is 6.00. The summed E-state index contributed by atoms with van der Waals surface area (Å²) in [4.78, 5) is 1.90. The first-order valence-corrected chi connectivity index (χ1v) is 7.02. The minimum absolute atomic E-state index is 0.0666. The molecule has 74 valence electrons. The van der Waals surface area contributed by atoms with Crippen molar-refractivity contribution in [3.8, 4) is 0 Å². The van der Waals surface area contributed by atoms with E-state index in [2.05, 4.69) is 22.6 Å². The van der Waals surface area contributed by atoms with Gasteiger partial charge in [0.2, 0.25) is 0 Å². The summed E-state index contributed by atoms with van der Waals surface area (Å²) in [6, 6.07) is 5.99. The normalized spacial score (nSPS) is 10.2. The van der Waals surface area contributed by atoms with Crippen LogP contribution in [0.25, 0.3) is 0 Å². The Bertz CT molecular complexity index is 342. The maximum Gasteiger partial charge on any atom is 0.294 e. The lowest BCUT2D eigenvalue weighted by atomic mass is 10.2. The molecule has 0 saturated heterocycles. The zero-order valence-corrected chi connectivity index (χ0v) is 10.3. The number of alkyl halides is 1. The second-order valence-electron chi connectivity index (χ2n) is 2.29. The minimum Gasteiger partial charge on any atom is -0.282 e. The molecule has 0 spiro atoms. The van der Waals surface area contributed by atoms with Gasteiger partial charge in [-0.3, -0.25) is 4.55 Å². The van der Waals surface area contributed by atoms with E-state index in [-0.39, 0.29) is 4.90 Å². The van der Waals surface area contributed by atoms with Crippen molar-refractivity contribution in [1.29, 1.82) is 0 Å². The molecule has 1 aromatic carbocycles. The van der Waals surface area contributed by atoms with Crippen LogP contribution in [0.1, 0.15) is 5.56 Å². The molecule has 0 heterocycles. The van der Waals surface area contributed by atoms with Crippen molar-refractivity contribution in [2.75, 3.05) is 4.93 Å². The maximum atomic E-state index is 10.5. The summed E-state index contributed by atoms with van der Waals surface area (Å²) in [6.07, 6.45) is 0. The summed E-state index contributed by atoms with van der Waals surface area (Å²) in [5.74, 6) is 0. The van der Waals surface area contributed by atoms with Crippen LogP contribution in [0.3, 0.4) is 0 Å². The highest BCUT2D eigenvalue weighted by Crippen LogP contribution is 2.08. The molecule has 0 aliphatic carbocycles. The van der Waals surface area contributed by atoms with Crippen LogP contribution < -0.4 is 0 Å². The van der Waals surface area contributed by atoms with Gasteiger partial charge in [-0.25, -0.2) is 0 Å². The van der Waals surface area contributed by atoms with Gasteiger partial charge in [0.05, 0.1) is 4.90 Å². The smallest absolute Gasteiger partial charge is 0.282 e. The Morgan fingerprint density at radius 2 is 1.54 bits per heavy atom. The van der Waals surface area contributed by atoms with Crippen molar-refractivity contribution >= 4 is 32.7 Å². The molecule has 0 saturated carbocycles. The molecule has 0 fully saturated rings. The molecule has 0 amide bonds. The summed E-state index contributed by atoms with van der Waals surface area (Å²) in [6.45, 7) is 1.84. The molecule has 0 bridgehead atoms. The first-order valence-electron chi connectivity index (χ1n) is 3.42. The highest BCUT2D eigenvalue weighted by Gasteiger charge is 2.06. The maximum absolute atomic E-state index is 10.5. The van der Waals surface area contributed by atoms with Crippen molar-refractivity contribution in [2.24, 2.45) is 0 Å². The molecule has 5 heteroatoms. The Kier molecular flexibility index (Phi) is 5.50. The van der Waals surface area contributed by atoms with Crippen LogP contribution in [-0.2, 0) is 10.1 Å². The van der Waals surface area contributed by atoms with Gasteiger partial charge in [0.25, 0.3) is 10.1 Å². The largest absolute Gasteiger partial charge is 0.294 e. The van der Waals surface area contributed by atoms with Crippen molar-refractivity contribution < 1.29 is 13.0 Å². The molecule has 0 unspecified atom stereocenters. The third-order valence-corrected chi connectivity index (χ3v) is 2.19. The van der Waals surface area contributed by atoms with E-state index in [1.165, 1.54) is 12.1 Å². The van der Waals surface area contributed by atoms with Gasteiger partial charge in [0.1, 0.15) is 0 Å². The van der Waals surface area contributed by atoms with E-state index >= 15 is 0 Å². The van der Waals surface area contributed by atoms with Gasteiger partial charge in [-0.15, -0.1) is 0 Å². The zero-order valence-electron chi connectivity index (χ0n) is 7.36. The average molecular weight is 314 g/mol. The Hall–Kier alpha value is -0.140. The standard InChI is InChI=1S/C7H8O3S.CH3I/c1-6-2-4-7(5-3-6)11(8,9)10;1-2/h2-5H,1H3,(H,8,9,10);1H3. The number of hydrogen-bond donors (Lipinski definition) is 1. The third-order valence-electron chi connectivity index (χ3n) is 1.32. The minimum atomic E-state index is -4.02. The van der Waals surface area contributed by atoms with Crippen molar-refractivity contribution in [3.05, 3.63) is 29.8 Å². The van der Waals surface area contributed by atoms with Crippen molar-refractivity contribution in [3.63, 3.8) is 0 Å². The zero-order chi connectivity index (χ0) is 10.5. The van der Waals surface area contributed by atoms with E-state index in [9.17, 15) is 8.42 Å². The summed E-state index contributed by atoms with van der Waals surface area (Å²) in [5.41, 5.74) is 0.956. The molecule has 0 radical (unpaired) electrons. The van der Waals surface area contributed by atoms with Gasteiger partial charge in [0.15, 0.2) is 0 Å². The molecule has 1 rings (SSSR count). The monoisotopic (exact) mass is 314 g/mol. The Labute approximate surface area is 92.1 Å². The highest BCUT2D eigenvalue weighted by atomic mass is 127. The molecular weight excluding hydrogens is 303 g/mol. The summed E-state index contributed by atoms with van der Waals surface area (Å²) >= 11 is 2.15. The molecule has 0 aliphatic heterocycles. The van der Waals surface area contributed by atoms with Gasteiger partial charge < -0.3 is 0 Å². The summed E-state index contributed by atoms with van der Waals surface area (Å²) in [7, 11) is -4.02. The Morgan fingerprint density at radius 3 is 1.85 bits per heavy atom. The highest BCUT2D eigenvalue weighted by molar-refractivity contribution is 14.1. The Balaban J connectivity index is 0.000000671. The van der Waals surface area contributed by atoms with E-state index in [1.54, 1.807) is 12.1 Å². The lowest BCUT2D eigenvalue weighted by Crippen LogP contribution is -1.96. The molecule has 0 aromatic heterocycles. The van der Waals surface area contributed by atoms with Crippen molar-refractivity contribution in [1.82, 2.24) is 0 Å². The number of hydrogen-bond acceptors (Lipinski definition) is 2. The van der Waals surface area contributed by atoms with Crippen LogP contribution in [0.5, 0.6) is 0 Å². The lowest BCUT2D eigenvalue weighted by Gasteiger charge is -1.95. The average Bonchev–Trinajstić information content (AvgIpc) is 2.07. The topological polar surface area (TPSA) is 54.4 Å². The second-order valence-corrected chi connectivity index (χ2v) is 3.71. The van der Waals surface area contributed by atoms with Crippen LogP contribution in [0.2, 0.25) is 0 Å². The van der Waals surface area contributed by atoms with Gasteiger partial charge in [-0.1, -0.05) is 40.3 Å². The number of benzene rings is 1. The molecular formula is C8H11IO3S. The van der Waals surface area contributed by atoms with E-state index in [0.717, 1.165) is 5.56 Å². The molecule has 0 atom stereocenters. The van der Waals surface area contributed by atoms with Gasteiger partial charge in [-0.05, 0) is 24.0 Å². The second kappa shape index (κ2) is 5.56. The van der Waals surface area contributed by atoms with E-state index in [1.807, 2.05) is 11.9 Å². The van der Waals surface area contributed by atoms with E-state index in [0.29, 0.717) is 0 Å². The quantitative estimate of drug-likeness (QED) is 0.492. The molecule has 1 N–H and O–H groups in total. The van der Waals surface area contributed by atoms with Crippen molar-refractivity contribution in [2.45, 2.75) is 11.8 Å². The summed E-state index contributed by atoms with van der Waals surface area (Å²) in [5, 5.41) is 0. The fraction of sp³-hybridized carbons (Fsp3) is 0.250. The fourth-order valence-corrected chi connectivity index (χ4v) is 1.19. The number of rotatable bonds is 1. The lowest BCUT2D eigenvalue weighted by molar-refractivity contribution is 0.483. The predicted molar refractivity (Wildman–Crippen MR) is 60.9 cm³/mol. The van der Waals surface area contributed by atoms with E-state index < -0.39 is 10.1 Å². The van der Waals surface area contributed by atoms with Crippen LogP contribution in [0.15, 0.2) is 29.2 Å². The predicted octanol–water partition coefficient (Wildman–Crippen LogP) is 2.29. The summed E-state index contributed by atoms with van der Waals surface area (Å²) < 4.78 is 29.6. The molecule has 0 aliphatic rings. The van der Waals surface area contributed by atoms with Crippen LogP contribution >= 0.6 is 22.6 Å².